The molecule has 4 nitrogen and oxygen atoms in total. The number of aromatic nitrogens is 1. The van der Waals surface area contributed by atoms with Crippen LogP contribution in [0.5, 0.6) is 0 Å². The van der Waals surface area contributed by atoms with Crippen molar-refractivity contribution in [3.63, 3.8) is 0 Å². The van der Waals surface area contributed by atoms with Crippen molar-refractivity contribution in [1.29, 1.82) is 0 Å². The number of hydrogen-bond acceptors (Lipinski definition) is 4. The third kappa shape index (κ3) is 4.37. The summed E-state index contributed by atoms with van der Waals surface area (Å²) < 4.78 is 0.138. The average molecular weight is 307 g/mol. The lowest BCUT2D eigenvalue weighted by Crippen LogP contribution is -2.46. The van der Waals surface area contributed by atoms with Gasteiger partial charge in [0.15, 0.2) is 0 Å². The topological polar surface area (TPSA) is 45.2 Å². The maximum Gasteiger partial charge on any atom is 0.254 e. The average Bonchev–Trinajstić information content (AvgIpc) is 2.42. The molecule has 0 aromatic carbocycles. The van der Waals surface area contributed by atoms with Crippen LogP contribution in [-0.2, 0) is 0 Å². The minimum atomic E-state index is 0.119. The van der Waals surface area contributed by atoms with Crippen LogP contribution < -0.4 is 5.32 Å². The number of carbonyl (C=O) groups excluding carboxylic acids is 1. The molecule has 5 heteroatoms. The lowest BCUT2D eigenvalue weighted by Gasteiger charge is -2.37. The molecule has 116 valence electrons. The summed E-state index contributed by atoms with van der Waals surface area (Å²) in [6, 6.07) is 3.76. The van der Waals surface area contributed by atoms with Crippen LogP contribution in [0.15, 0.2) is 12.1 Å². The van der Waals surface area contributed by atoms with Gasteiger partial charge in [0.1, 0.15) is 5.82 Å². The first-order valence-electron chi connectivity index (χ1n) is 7.57. The second kappa shape index (κ2) is 6.69. The van der Waals surface area contributed by atoms with Gasteiger partial charge in [-0.3, -0.25) is 4.79 Å². The molecule has 0 unspecified atom stereocenters. The largest absolute Gasteiger partial charge is 0.370 e. The van der Waals surface area contributed by atoms with Crippen LogP contribution in [0.25, 0.3) is 0 Å². The second-order valence-corrected chi connectivity index (χ2v) is 7.95. The lowest BCUT2D eigenvalue weighted by molar-refractivity contribution is 0.0748. The molecule has 1 N–H and O–H groups in total. The van der Waals surface area contributed by atoms with Crippen molar-refractivity contribution in [3.8, 4) is 0 Å². The van der Waals surface area contributed by atoms with E-state index in [1.54, 1.807) is 0 Å². The minimum absolute atomic E-state index is 0.119. The number of hydrogen-bond donors (Lipinski definition) is 1. The molecule has 0 spiro atoms. The molecule has 1 saturated heterocycles. The number of nitrogens with one attached hydrogen (secondary N) is 1. The molecule has 2 heterocycles. The number of rotatable bonds is 4. The Bertz CT molecular complexity index is 516. The molecule has 0 aliphatic carbocycles. The number of anilines is 1. The van der Waals surface area contributed by atoms with Crippen molar-refractivity contribution in [1.82, 2.24) is 9.88 Å². The van der Waals surface area contributed by atoms with Gasteiger partial charge in [-0.2, -0.15) is 11.8 Å². The Morgan fingerprint density at radius 1 is 1.48 bits per heavy atom. The van der Waals surface area contributed by atoms with Crippen LogP contribution in [0.4, 0.5) is 5.82 Å². The molecular weight excluding hydrogens is 282 g/mol. The van der Waals surface area contributed by atoms with Gasteiger partial charge in [-0.15, -0.1) is 0 Å². The fourth-order valence-electron chi connectivity index (χ4n) is 2.51. The summed E-state index contributed by atoms with van der Waals surface area (Å²) in [6.45, 7) is 10.9. The molecule has 0 bridgehead atoms. The van der Waals surface area contributed by atoms with Gasteiger partial charge < -0.3 is 10.2 Å². The van der Waals surface area contributed by atoms with Crippen molar-refractivity contribution in [2.24, 2.45) is 0 Å². The Hall–Kier alpha value is -1.23. The second-order valence-electron chi connectivity index (χ2n) is 6.14. The van der Waals surface area contributed by atoms with Gasteiger partial charge in [0.2, 0.25) is 0 Å². The maximum atomic E-state index is 12.7. The molecule has 1 aliphatic rings. The van der Waals surface area contributed by atoms with Gasteiger partial charge in [0.05, 0.1) is 0 Å². The first-order valence-corrected chi connectivity index (χ1v) is 8.55. The Balaban J connectivity index is 2.16. The first-order chi connectivity index (χ1) is 9.91. The van der Waals surface area contributed by atoms with Crippen molar-refractivity contribution in [2.45, 2.75) is 38.9 Å². The zero-order chi connectivity index (χ0) is 15.5. The highest BCUT2D eigenvalue weighted by Gasteiger charge is 2.30. The van der Waals surface area contributed by atoms with Gasteiger partial charge in [0.25, 0.3) is 5.91 Å². The number of thioether (sulfide) groups is 1. The van der Waals surface area contributed by atoms with Gasteiger partial charge in [-0.25, -0.2) is 4.98 Å². The molecule has 2 rings (SSSR count). The van der Waals surface area contributed by atoms with E-state index in [-0.39, 0.29) is 10.7 Å². The SMILES string of the molecule is CCCNc1cc(C(=O)N2CCSC(C)(C)C2)cc(C)n1. The zero-order valence-electron chi connectivity index (χ0n) is 13.4. The molecule has 1 aromatic rings. The maximum absolute atomic E-state index is 12.7. The molecule has 1 aliphatic heterocycles. The van der Waals surface area contributed by atoms with E-state index in [4.69, 9.17) is 0 Å². The summed E-state index contributed by atoms with van der Waals surface area (Å²) in [5.74, 6) is 1.92. The fraction of sp³-hybridized carbons (Fsp3) is 0.625. The van der Waals surface area contributed by atoms with E-state index in [1.165, 1.54) is 0 Å². The number of amides is 1. The van der Waals surface area contributed by atoms with E-state index < -0.39 is 0 Å². The Morgan fingerprint density at radius 2 is 2.24 bits per heavy atom. The number of carbonyl (C=O) groups is 1. The predicted molar refractivity (Wildman–Crippen MR) is 90.2 cm³/mol. The van der Waals surface area contributed by atoms with E-state index in [9.17, 15) is 4.79 Å². The van der Waals surface area contributed by atoms with Gasteiger partial charge in [0, 0.05) is 41.4 Å². The van der Waals surface area contributed by atoms with Crippen molar-refractivity contribution in [3.05, 3.63) is 23.4 Å². The smallest absolute Gasteiger partial charge is 0.254 e. The van der Waals surface area contributed by atoms with Crippen molar-refractivity contribution in [2.75, 3.05) is 30.7 Å². The summed E-state index contributed by atoms with van der Waals surface area (Å²) in [4.78, 5) is 19.1. The highest BCUT2D eigenvalue weighted by molar-refractivity contribution is 8.00. The molecule has 21 heavy (non-hydrogen) atoms. The van der Waals surface area contributed by atoms with Crippen molar-refractivity contribution < 1.29 is 4.79 Å². The summed E-state index contributed by atoms with van der Waals surface area (Å²) in [7, 11) is 0. The highest BCUT2D eigenvalue weighted by atomic mass is 32.2. The Morgan fingerprint density at radius 3 is 2.90 bits per heavy atom. The van der Waals surface area contributed by atoms with Gasteiger partial charge in [-0.05, 0) is 39.3 Å². The summed E-state index contributed by atoms with van der Waals surface area (Å²) in [5, 5.41) is 3.26. The quantitative estimate of drug-likeness (QED) is 0.928. The minimum Gasteiger partial charge on any atom is -0.370 e. The van der Waals surface area contributed by atoms with Crippen LogP contribution in [0.1, 0.15) is 43.2 Å². The molecule has 1 amide bonds. The van der Waals surface area contributed by atoms with Crippen LogP contribution >= 0.6 is 11.8 Å². The number of nitrogens with zero attached hydrogens (tertiary/aromatic N) is 2. The van der Waals surface area contributed by atoms with Gasteiger partial charge >= 0.3 is 0 Å². The number of aryl methyl sites for hydroxylation is 1. The lowest BCUT2D eigenvalue weighted by atomic mass is 10.1. The van der Waals surface area contributed by atoms with Crippen molar-refractivity contribution >= 4 is 23.5 Å². The standard InChI is InChI=1S/C16H25N3OS/c1-5-6-17-14-10-13(9-12(2)18-14)15(20)19-7-8-21-16(3,4)11-19/h9-10H,5-8,11H2,1-4H3,(H,17,18). The molecule has 0 atom stereocenters. The first kappa shape index (κ1) is 16.1. The predicted octanol–water partition coefficient (Wildman–Crippen LogP) is 3.18. The normalized spacial score (nSPS) is 17.6. The molecule has 0 radical (unpaired) electrons. The highest BCUT2D eigenvalue weighted by Crippen LogP contribution is 2.30. The molecule has 1 fully saturated rings. The molecule has 1 aromatic heterocycles. The third-order valence-electron chi connectivity index (χ3n) is 3.47. The summed E-state index contributed by atoms with van der Waals surface area (Å²) in [5.41, 5.74) is 1.62. The zero-order valence-corrected chi connectivity index (χ0v) is 14.2. The third-order valence-corrected chi connectivity index (χ3v) is 4.77. The number of pyridine rings is 1. The van der Waals surface area contributed by atoms with Crippen LogP contribution in [-0.4, -0.2) is 45.9 Å². The van der Waals surface area contributed by atoms with E-state index in [2.05, 4.69) is 31.1 Å². The fourth-order valence-corrected chi connectivity index (χ4v) is 3.62. The molecular formula is C16H25N3OS. The van der Waals surface area contributed by atoms with E-state index in [0.717, 1.165) is 48.9 Å². The van der Waals surface area contributed by atoms with E-state index >= 15 is 0 Å². The van der Waals surface area contributed by atoms with Gasteiger partial charge in [-0.1, -0.05) is 6.92 Å². The summed E-state index contributed by atoms with van der Waals surface area (Å²) >= 11 is 1.94. The van der Waals surface area contributed by atoms with E-state index in [1.807, 2.05) is 35.7 Å². The van der Waals surface area contributed by atoms with Crippen LogP contribution in [0.3, 0.4) is 0 Å². The Labute approximate surface area is 131 Å². The van der Waals surface area contributed by atoms with E-state index in [0.29, 0.717) is 0 Å². The monoisotopic (exact) mass is 307 g/mol. The van der Waals surface area contributed by atoms with Crippen LogP contribution in [0.2, 0.25) is 0 Å². The molecule has 0 saturated carbocycles. The Kier molecular flexibility index (Phi) is 5.14. The van der Waals surface area contributed by atoms with Crippen LogP contribution in [0, 0.1) is 6.92 Å². The summed E-state index contributed by atoms with van der Waals surface area (Å²) in [6.07, 6.45) is 1.04.